The van der Waals surface area contributed by atoms with Crippen LogP contribution in [0.15, 0.2) is 12.1 Å². The fraction of sp³-hybridized carbons (Fsp3) is 0.222. The number of carboxylic acids is 1. The molecule has 0 heterocycles. The Hall–Kier alpha value is -1.26. The van der Waals surface area contributed by atoms with Gasteiger partial charge in [0.2, 0.25) is 0 Å². The molecule has 76 valence electrons. The van der Waals surface area contributed by atoms with Crippen molar-refractivity contribution in [2.24, 2.45) is 5.73 Å². The Balaban J connectivity index is 3.32. The first-order valence-corrected chi connectivity index (χ1v) is 4.29. The Morgan fingerprint density at radius 1 is 1.57 bits per heavy atom. The van der Waals surface area contributed by atoms with Gasteiger partial charge in [-0.25, -0.2) is 0 Å². The minimum Gasteiger partial charge on any atom is -0.507 e. The minimum absolute atomic E-state index is 0.0548. The van der Waals surface area contributed by atoms with Crippen LogP contribution in [0.25, 0.3) is 0 Å². The van der Waals surface area contributed by atoms with Crippen LogP contribution in [0.5, 0.6) is 5.75 Å². The summed E-state index contributed by atoms with van der Waals surface area (Å²) >= 11 is 5.74. The second-order valence-corrected chi connectivity index (χ2v) is 3.35. The molecule has 5 heteroatoms. The molecule has 14 heavy (non-hydrogen) atoms. The third kappa shape index (κ3) is 1.81. The van der Waals surface area contributed by atoms with Crippen molar-refractivity contribution in [3.8, 4) is 5.75 Å². The molecular formula is C9H10ClNO3. The first-order chi connectivity index (χ1) is 6.45. The number of carbonyl (C=O) groups is 1. The molecule has 0 aliphatic heterocycles. The highest BCUT2D eigenvalue weighted by atomic mass is 35.5. The van der Waals surface area contributed by atoms with Gasteiger partial charge < -0.3 is 15.9 Å². The van der Waals surface area contributed by atoms with Crippen LogP contribution in [0, 0.1) is 6.92 Å². The Kier molecular flexibility index (Phi) is 2.98. The monoisotopic (exact) mass is 215 g/mol. The summed E-state index contributed by atoms with van der Waals surface area (Å²) in [4.78, 5) is 10.6. The quantitative estimate of drug-likeness (QED) is 0.697. The molecule has 0 aliphatic carbocycles. The second-order valence-electron chi connectivity index (χ2n) is 2.94. The number of nitrogens with two attached hydrogens (primary N) is 1. The zero-order chi connectivity index (χ0) is 10.9. The molecule has 0 amide bonds. The van der Waals surface area contributed by atoms with Gasteiger partial charge in [-0.3, -0.25) is 4.79 Å². The lowest BCUT2D eigenvalue weighted by atomic mass is 10.0. The van der Waals surface area contributed by atoms with Gasteiger partial charge in [0.1, 0.15) is 11.8 Å². The van der Waals surface area contributed by atoms with Gasteiger partial charge in [0, 0.05) is 10.6 Å². The highest BCUT2D eigenvalue weighted by molar-refractivity contribution is 6.31. The summed E-state index contributed by atoms with van der Waals surface area (Å²) in [5.74, 6) is -1.39. The molecule has 1 aromatic carbocycles. The molecule has 1 rings (SSSR count). The Morgan fingerprint density at radius 3 is 2.64 bits per heavy atom. The van der Waals surface area contributed by atoms with Gasteiger partial charge in [-0.05, 0) is 18.6 Å². The molecule has 0 aliphatic rings. The average molecular weight is 216 g/mol. The Morgan fingerprint density at radius 2 is 2.14 bits per heavy atom. The van der Waals surface area contributed by atoms with Crippen molar-refractivity contribution in [1.29, 1.82) is 0 Å². The van der Waals surface area contributed by atoms with Gasteiger partial charge in [0.25, 0.3) is 0 Å². The van der Waals surface area contributed by atoms with E-state index in [4.69, 9.17) is 22.4 Å². The summed E-state index contributed by atoms with van der Waals surface area (Å²) in [6, 6.07) is 1.80. The van der Waals surface area contributed by atoms with E-state index < -0.39 is 12.0 Å². The number of hydrogen-bond acceptors (Lipinski definition) is 3. The van der Waals surface area contributed by atoms with Crippen LogP contribution >= 0.6 is 11.6 Å². The maximum absolute atomic E-state index is 10.6. The summed E-state index contributed by atoms with van der Waals surface area (Å²) in [5, 5.41) is 18.4. The van der Waals surface area contributed by atoms with Crippen molar-refractivity contribution in [3.63, 3.8) is 0 Å². The molecule has 0 saturated heterocycles. The van der Waals surface area contributed by atoms with E-state index in [-0.39, 0.29) is 16.3 Å². The number of hydrogen-bond donors (Lipinski definition) is 3. The standard InChI is InChI=1S/C9H10ClNO3/c1-4-2-3-5(10)6(8(4)12)7(11)9(13)14/h2-3,7,12H,11H2,1H3,(H,13,14). The molecule has 1 atom stereocenters. The number of aliphatic carboxylic acids is 1. The maximum Gasteiger partial charge on any atom is 0.325 e. The second kappa shape index (κ2) is 3.86. The van der Waals surface area contributed by atoms with Crippen LogP contribution in [0.3, 0.4) is 0 Å². The number of halogens is 1. The van der Waals surface area contributed by atoms with E-state index in [1.165, 1.54) is 6.07 Å². The maximum atomic E-state index is 10.6. The van der Waals surface area contributed by atoms with Crippen LogP contribution < -0.4 is 5.73 Å². The number of carboxylic acid groups (broad SMARTS) is 1. The molecule has 1 aromatic rings. The van der Waals surface area contributed by atoms with Crippen LogP contribution in [0.2, 0.25) is 5.02 Å². The molecule has 0 bridgehead atoms. The fourth-order valence-electron chi connectivity index (χ4n) is 1.11. The van der Waals surface area contributed by atoms with Crippen LogP contribution in [-0.4, -0.2) is 16.2 Å². The van der Waals surface area contributed by atoms with Crippen molar-refractivity contribution in [2.45, 2.75) is 13.0 Å². The van der Waals surface area contributed by atoms with E-state index in [2.05, 4.69) is 0 Å². The lowest BCUT2D eigenvalue weighted by Crippen LogP contribution is -2.21. The number of rotatable bonds is 2. The van der Waals surface area contributed by atoms with Gasteiger partial charge in [-0.1, -0.05) is 17.7 Å². The van der Waals surface area contributed by atoms with Crippen molar-refractivity contribution in [3.05, 3.63) is 28.3 Å². The molecule has 4 N–H and O–H groups in total. The summed E-state index contributed by atoms with van der Waals surface area (Å²) in [5.41, 5.74) is 5.96. The molecule has 0 spiro atoms. The molecular weight excluding hydrogens is 206 g/mol. The normalized spacial score (nSPS) is 12.5. The van der Waals surface area contributed by atoms with Crippen molar-refractivity contribution in [2.75, 3.05) is 0 Å². The van der Waals surface area contributed by atoms with Gasteiger partial charge in [0.15, 0.2) is 0 Å². The van der Waals surface area contributed by atoms with Crippen LogP contribution in [-0.2, 0) is 4.79 Å². The fourth-order valence-corrected chi connectivity index (χ4v) is 1.38. The highest BCUT2D eigenvalue weighted by Crippen LogP contribution is 2.33. The third-order valence-corrected chi connectivity index (χ3v) is 2.27. The number of phenolic OH excluding ortho intramolecular Hbond substituents is 1. The van der Waals surface area contributed by atoms with Gasteiger partial charge in [-0.2, -0.15) is 0 Å². The number of aryl methyl sites for hydroxylation is 1. The number of benzene rings is 1. The van der Waals surface area contributed by atoms with E-state index in [1.807, 2.05) is 0 Å². The van der Waals surface area contributed by atoms with E-state index >= 15 is 0 Å². The average Bonchev–Trinajstić information content (AvgIpc) is 2.12. The predicted molar refractivity (Wildman–Crippen MR) is 52.4 cm³/mol. The van der Waals surface area contributed by atoms with Crippen molar-refractivity contribution < 1.29 is 15.0 Å². The van der Waals surface area contributed by atoms with Crippen molar-refractivity contribution in [1.82, 2.24) is 0 Å². The topological polar surface area (TPSA) is 83.6 Å². The van der Waals surface area contributed by atoms with E-state index in [1.54, 1.807) is 13.0 Å². The first-order valence-electron chi connectivity index (χ1n) is 3.91. The summed E-state index contributed by atoms with van der Waals surface area (Å²) in [7, 11) is 0. The van der Waals surface area contributed by atoms with Gasteiger partial charge >= 0.3 is 5.97 Å². The lowest BCUT2D eigenvalue weighted by molar-refractivity contribution is -0.138. The van der Waals surface area contributed by atoms with Gasteiger partial charge in [0.05, 0.1) is 0 Å². The Bertz CT molecular complexity index is 379. The smallest absolute Gasteiger partial charge is 0.325 e. The molecule has 0 aromatic heterocycles. The zero-order valence-corrected chi connectivity index (χ0v) is 8.25. The molecule has 0 radical (unpaired) electrons. The largest absolute Gasteiger partial charge is 0.507 e. The Labute approximate surface area is 85.9 Å². The van der Waals surface area contributed by atoms with E-state index in [9.17, 15) is 9.90 Å². The van der Waals surface area contributed by atoms with E-state index in [0.29, 0.717) is 5.56 Å². The number of phenols is 1. The predicted octanol–water partition coefficient (Wildman–Crippen LogP) is 1.44. The minimum atomic E-state index is -1.30. The summed E-state index contributed by atoms with van der Waals surface area (Å²) in [6.07, 6.45) is 0. The molecule has 4 nitrogen and oxygen atoms in total. The SMILES string of the molecule is Cc1ccc(Cl)c(C(N)C(=O)O)c1O. The van der Waals surface area contributed by atoms with Crippen molar-refractivity contribution >= 4 is 17.6 Å². The lowest BCUT2D eigenvalue weighted by Gasteiger charge is -2.12. The summed E-state index contributed by atoms with van der Waals surface area (Å²) in [6.45, 7) is 1.64. The van der Waals surface area contributed by atoms with Crippen LogP contribution in [0.1, 0.15) is 17.2 Å². The molecule has 1 unspecified atom stereocenters. The van der Waals surface area contributed by atoms with E-state index in [0.717, 1.165) is 0 Å². The molecule has 0 fully saturated rings. The first kappa shape index (κ1) is 10.8. The van der Waals surface area contributed by atoms with Gasteiger partial charge in [-0.15, -0.1) is 0 Å². The third-order valence-electron chi connectivity index (χ3n) is 1.94. The highest BCUT2D eigenvalue weighted by Gasteiger charge is 2.22. The van der Waals surface area contributed by atoms with Crippen LogP contribution in [0.4, 0.5) is 0 Å². The summed E-state index contributed by atoms with van der Waals surface area (Å²) < 4.78 is 0. The zero-order valence-electron chi connectivity index (χ0n) is 7.49. The number of aromatic hydroxyl groups is 1. The molecule has 0 saturated carbocycles.